The molecule has 5 rings (SSSR count). The molecule has 0 radical (unpaired) electrons. The van der Waals surface area contributed by atoms with Gasteiger partial charge in [-0.15, -0.1) is 11.3 Å². The predicted octanol–water partition coefficient (Wildman–Crippen LogP) is 5.79. The number of methoxy groups -OCH3 is 1. The van der Waals surface area contributed by atoms with Gasteiger partial charge in [0.25, 0.3) is 11.8 Å². The third-order valence-corrected chi connectivity index (χ3v) is 8.71. The van der Waals surface area contributed by atoms with Crippen LogP contribution in [0.2, 0.25) is 0 Å². The van der Waals surface area contributed by atoms with Crippen LogP contribution in [0.4, 0.5) is 5.13 Å². The van der Waals surface area contributed by atoms with Gasteiger partial charge in [0.05, 0.1) is 12.8 Å². The molecule has 41 heavy (non-hydrogen) atoms. The van der Waals surface area contributed by atoms with E-state index in [0.717, 1.165) is 88.3 Å². The average Bonchev–Trinajstić information content (AvgIpc) is 3.48. The number of hydrogen-bond donors (Lipinski definition) is 2. The second kappa shape index (κ2) is 14.1. The summed E-state index contributed by atoms with van der Waals surface area (Å²) in [6, 6.07) is 14.1. The summed E-state index contributed by atoms with van der Waals surface area (Å²) in [6.07, 6.45) is 7.29. The van der Waals surface area contributed by atoms with Crippen molar-refractivity contribution >= 4 is 28.3 Å². The Hall–Kier alpha value is -3.27. The van der Waals surface area contributed by atoms with Crippen LogP contribution in [-0.2, 0) is 11.2 Å². The third kappa shape index (κ3) is 7.52. The minimum Gasteiger partial charge on any atom is -0.496 e. The van der Waals surface area contributed by atoms with Crippen LogP contribution in [0.5, 0.6) is 5.75 Å². The number of rotatable bonds is 10. The summed E-state index contributed by atoms with van der Waals surface area (Å²) in [5.74, 6) is 0.517. The fourth-order valence-corrected chi connectivity index (χ4v) is 6.22. The quantitative estimate of drug-likeness (QED) is 0.318. The zero-order valence-electron chi connectivity index (χ0n) is 24.0. The minimum atomic E-state index is -0.256. The summed E-state index contributed by atoms with van der Waals surface area (Å²) in [4.78, 5) is 32.6. The number of benzene rings is 2. The molecule has 0 unspecified atom stereocenters. The van der Waals surface area contributed by atoms with E-state index in [2.05, 4.69) is 34.7 Å². The number of aryl methyl sites for hydroxylation is 1. The maximum Gasteiger partial charge on any atom is 0.257 e. The van der Waals surface area contributed by atoms with Gasteiger partial charge in [-0.05, 0) is 80.5 Å². The molecule has 3 heterocycles. The van der Waals surface area contributed by atoms with Crippen molar-refractivity contribution in [3.8, 4) is 17.0 Å². The van der Waals surface area contributed by atoms with Crippen molar-refractivity contribution in [2.75, 3.05) is 38.7 Å². The highest BCUT2D eigenvalue weighted by Gasteiger charge is 2.26. The number of anilines is 1. The molecule has 2 aliphatic heterocycles. The number of amides is 2. The van der Waals surface area contributed by atoms with Gasteiger partial charge in [-0.25, -0.2) is 4.98 Å². The highest BCUT2D eigenvalue weighted by Crippen LogP contribution is 2.33. The van der Waals surface area contributed by atoms with Crippen LogP contribution in [0.3, 0.4) is 0 Å². The van der Waals surface area contributed by atoms with Crippen molar-refractivity contribution in [3.05, 3.63) is 64.5 Å². The Morgan fingerprint density at radius 2 is 1.73 bits per heavy atom. The first-order valence-electron chi connectivity index (χ1n) is 14.7. The van der Waals surface area contributed by atoms with Crippen LogP contribution in [0, 0.1) is 0 Å². The topological polar surface area (TPSA) is 92.8 Å². The smallest absolute Gasteiger partial charge is 0.257 e. The lowest BCUT2D eigenvalue weighted by molar-refractivity contribution is 0.0631. The van der Waals surface area contributed by atoms with Gasteiger partial charge in [0.15, 0.2) is 5.13 Å². The number of hydrogen-bond acceptors (Lipinski definition) is 7. The fraction of sp³-hybridized carbons (Fsp3) is 0.469. The molecule has 2 aliphatic rings. The third-order valence-electron chi connectivity index (χ3n) is 7.95. The molecule has 2 aromatic carbocycles. The highest BCUT2D eigenvalue weighted by atomic mass is 32.1. The van der Waals surface area contributed by atoms with E-state index >= 15 is 0 Å². The predicted molar refractivity (Wildman–Crippen MR) is 163 cm³/mol. The molecule has 1 aromatic heterocycles. The Balaban J connectivity index is 1.15. The molecule has 2 saturated heterocycles. The molecular weight excluding hydrogens is 536 g/mol. The van der Waals surface area contributed by atoms with Crippen molar-refractivity contribution in [2.24, 2.45) is 0 Å². The lowest BCUT2D eigenvalue weighted by Gasteiger charge is -2.35. The van der Waals surface area contributed by atoms with Crippen LogP contribution in [0.25, 0.3) is 11.3 Å². The molecule has 2 N–H and O–H groups in total. The van der Waals surface area contributed by atoms with Crippen molar-refractivity contribution in [2.45, 2.75) is 64.0 Å². The molecule has 218 valence electrons. The summed E-state index contributed by atoms with van der Waals surface area (Å²) in [6.45, 7) is 5.32. The Kier molecular flexibility index (Phi) is 10.0. The second-order valence-corrected chi connectivity index (χ2v) is 11.7. The van der Waals surface area contributed by atoms with E-state index in [-0.39, 0.29) is 11.8 Å². The first-order valence-corrected chi connectivity index (χ1v) is 15.6. The summed E-state index contributed by atoms with van der Waals surface area (Å²) < 4.78 is 11.0. The largest absolute Gasteiger partial charge is 0.496 e. The van der Waals surface area contributed by atoms with Crippen LogP contribution in [-0.4, -0.2) is 67.2 Å². The molecule has 0 aliphatic carbocycles. The lowest BCUT2D eigenvalue weighted by Crippen LogP contribution is -2.48. The molecule has 2 amide bonds. The normalized spacial score (nSPS) is 16.5. The summed E-state index contributed by atoms with van der Waals surface area (Å²) >= 11 is 1.38. The van der Waals surface area contributed by atoms with Gasteiger partial charge in [-0.1, -0.05) is 19.4 Å². The minimum absolute atomic E-state index is 0.0150. The molecule has 0 saturated carbocycles. The zero-order chi connectivity index (χ0) is 28.6. The van der Waals surface area contributed by atoms with E-state index in [4.69, 9.17) is 9.47 Å². The first-order chi connectivity index (χ1) is 20.0. The van der Waals surface area contributed by atoms with Crippen LogP contribution in [0.1, 0.15) is 71.7 Å². The first kappa shape index (κ1) is 29.2. The van der Waals surface area contributed by atoms with Gasteiger partial charge in [0.2, 0.25) is 0 Å². The van der Waals surface area contributed by atoms with Crippen molar-refractivity contribution in [1.29, 1.82) is 0 Å². The Labute approximate surface area is 246 Å². The monoisotopic (exact) mass is 576 g/mol. The number of ether oxygens (including phenoxy) is 2. The van der Waals surface area contributed by atoms with E-state index in [0.29, 0.717) is 28.3 Å². The Bertz CT molecular complexity index is 1310. The summed E-state index contributed by atoms with van der Waals surface area (Å²) in [5.41, 5.74) is 4.02. The van der Waals surface area contributed by atoms with Gasteiger partial charge < -0.3 is 19.7 Å². The van der Waals surface area contributed by atoms with Crippen LogP contribution < -0.4 is 15.4 Å². The number of thiazole rings is 1. The van der Waals surface area contributed by atoms with Gasteiger partial charge in [0, 0.05) is 60.5 Å². The SMILES string of the molecule is CCCCc1ccc(OC)c(-c2csc(NC(=O)c3ccc(C(=O)N4CCC(NC5CCOCC5)CC4)cc3)n2)c1. The van der Waals surface area contributed by atoms with E-state index in [1.54, 1.807) is 31.4 Å². The van der Waals surface area contributed by atoms with Crippen molar-refractivity contribution < 1.29 is 19.1 Å². The highest BCUT2D eigenvalue weighted by molar-refractivity contribution is 7.14. The van der Waals surface area contributed by atoms with E-state index in [9.17, 15) is 9.59 Å². The van der Waals surface area contributed by atoms with Gasteiger partial charge in [-0.2, -0.15) is 0 Å². The maximum absolute atomic E-state index is 13.1. The maximum atomic E-state index is 13.1. The van der Waals surface area contributed by atoms with E-state index in [1.165, 1.54) is 16.9 Å². The fourth-order valence-electron chi connectivity index (χ4n) is 5.51. The van der Waals surface area contributed by atoms with Gasteiger partial charge in [0.1, 0.15) is 5.75 Å². The zero-order valence-corrected chi connectivity index (χ0v) is 24.8. The van der Waals surface area contributed by atoms with E-state index < -0.39 is 0 Å². The number of likely N-dealkylation sites (tertiary alicyclic amines) is 1. The number of unbranched alkanes of at least 4 members (excludes halogenated alkanes) is 1. The van der Waals surface area contributed by atoms with Crippen LogP contribution in [0.15, 0.2) is 47.8 Å². The number of carbonyl (C=O) groups is 2. The van der Waals surface area contributed by atoms with Gasteiger partial charge in [-0.3, -0.25) is 14.9 Å². The Morgan fingerprint density at radius 3 is 2.44 bits per heavy atom. The number of nitrogens with one attached hydrogen (secondary N) is 2. The average molecular weight is 577 g/mol. The summed E-state index contributed by atoms with van der Waals surface area (Å²) in [5, 5.41) is 9.10. The standard InChI is InChI=1S/C32H40N4O4S/c1-3-4-5-22-6-11-29(39-2)27(20-22)28-21-41-32(34-28)35-30(37)23-7-9-24(10-8-23)31(38)36-16-12-25(13-17-36)33-26-14-18-40-19-15-26/h6-11,20-21,25-26,33H,3-5,12-19H2,1-2H3,(H,34,35,37). The molecule has 9 heteroatoms. The van der Waals surface area contributed by atoms with Crippen molar-refractivity contribution in [3.63, 3.8) is 0 Å². The second-order valence-electron chi connectivity index (χ2n) is 10.8. The molecule has 2 fully saturated rings. The van der Waals surface area contributed by atoms with Crippen molar-refractivity contribution in [1.82, 2.24) is 15.2 Å². The number of aromatic nitrogens is 1. The molecule has 3 aromatic rings. The Morgan fingerprint density at radius 1 is 1.02 bits per heavy atom. The lowest BCUT2D eigenvalue weighted by atomic mass is 10.0. The molecule has 0 bridgehead atoms. The number of carbonyl (C=O) groups excluding carboxylic acids is 2. The molecule has 0 spiro atoms. The van der Waals surface area contributed by atoms with Gasteiger partial charge >= 0.3 is 0 Å². The van der Waals surface area contributed by atoms with Crippen LogP contribution >= 0.6 is 11.3 Å². The summed E-state index contributed by atoms with van der Waals surface area (Å²) in [7, 11) is 1.65. The number of piperidine rings is 1. The molecule has 0 atom stereocenters. The molecule has 8 nitrogen and oxygen atoms in total. The van der Waals surface area contributed by atoms with E-state index in [1.807, 2.05) is 16.3 Å². The number of nitrogens with zero attached hydrogens (tertiary/aromatic N) is 2. The molecular formula is C32H40N4O4S.